The molecular weight excluding hydrogens is 266 g/mol. The molecule has 1 amide bonds. The molecule has 1 aliphatic rings. The van der Waals surface area contributed by atoms with Crippen LogP contribution in [0.25, 0.3) is 0 Å². The largest absolute Gasteiger partial charge is 0.336 e. The smallest absolute Gasteiger partial charge is 0.293 e. The number of aryl methyl sites for hydroxylation is 1. The molecule has 1 aromatic heterocycles. The predicted molar refractivity (Wildman–Crippen MR) is 82.2 cm³/mol. The summed E-state index contributed by atoms with van der Waals surface area (Å²) >= 11 is 0. The quantitative estimate of drug-likeness (QED) is 0.801. The van der Waals surface area contributed by atoms with Crippen molar-refractivity contribution in [3.05, 3.63) is 11.6 Å². The molecule has 6 heteroatoms. The van der Waals surface area contributed by atoms with Crippen LogP contribution in [0.3, 0.4) is 0 Å². The van der Waals surface area contributed by atoms with Crippen molar-refractivity contribution in [2.24, 2.45) is 5.92 Å². The first-order chi connectivity index (χ1) is 10.2. The van der Waals surface area contributed by atoms with E-state index in [1.165, 1.54) is 0 Å². The van der Waals surface area contributed by atoms with Crippen LogP contribution in [-0.2, 0) is 6.42 Å². The molecule has 6 nitrogen and oxygen atoms in total. The Labute approximate surface area is 126 Å². The average Bonchev–Trinajstić information content (AvgIpc) is 2.96. The van der Waals surface area contributed by atoms with E-state index in [9.17, 15) is 4.79 Å². The zero-order valence-electron chi connectivity index (χ0n) is 13.2. The molecule has 1 saturated heterocycles. The molecule has 2 heterocycles. The van der Waals surface area contributed by atoms with E-state index in [0.29, 0.717) is 11.7 Å². The number of nitrogens with one attached hydrogen (secondary N) is 2. The SMILES string of the molecule is CCCc1nc(C(=O)N(CCC)CC2CCNCC2)n[nH]1. The molecule has 1 aliphatic heterocycles. The number of carbonyl (C=O) groups is 1. The van der Waals surface area contributed by atoms with Gasteiger partial charge in [0.25, 0.3) is 5.91 Å². The monoisotopic (exact) mass is 293 g/mol. The van der Waals surface area contributed by atoms with Gasteiger partial charge in [-0.05, 0) is 44.7 Å². The Hall–Kier alpha value is -1.43. The van der Waals surface area contributed by atoms with Crippen LogP contribution in [0.5, 0.6) is 0 Å². The summed E-state index contributed by atoms with van der Waals surface area (Å²) in [5.41, 5.74) is 0. The second-order valence-corrected chi connectivity index (χ2v) is 5.80. The molecule has 0 bridgehead atoms. The minimum atomic E-state index is -0.0333. The highest BCUT2D eigenvalue weighted by Crippen LogP contribution is 2.15. The number of nitrogens with zero attached hydrogens (tertiary/aromatic N) is 3. The van der Waals surface area contributed by atoms with Crippen molar-refractivity contribution in [2.75, 3.05) is 26.2 Å². The van der Waals surface area contributed by atoms with Crippen molar-refractivity contribution in [3.8, 4) is 0 Å². The molecule has 1 fully saturated rings. The first-order valence-corrected chi connectivity index (χ1v) is 8.15. The minimum Gasteiger partial charge on any atom is -0.336 e. The number of H-pyrrole nitrogens is 1. The number of aromatic nitrogens is 3. The van der Waals surface area contributed by atoms with Gasteiger partial charge in [0, 0.05) is 19.5 Å². The molecule has 0 spiro atoms. The molecule has 0 radical (unpaired) electrons. The number of hydrogen-bond donors (Lipinski definition) is 2. The number of aromatic amines is 1. The fourth-order valence-corrected chi connectivity index (χ4v) is 2.80. The third-order valence-electron chi connectivity index (χ3n) is 3.93. The van der Waals surface area contributed by atoms with Crippen molar-refractivity contribution < 1.29 is 4.79 Å². The predicted octanol–water partition coefficient (Wildman–Crippen LogP) is 1.61. The Balaban J connectivity index is 1.99. The normalized spacial score (nSPS) is 16.1. The van der Waals surface area contributed by atoms with Gasteiger partial charge in [-0.3, -0.25) is 9.89 Å². The van der Waals surface area contributed by atoms with Crippen LogP contribution in [-0.4, -0.2) is 52.2 Å². The third-order valence-corrected chi connectivity index (χ3v) is 3.93. The van der Waals surface area contributed by atoms with Gasteiger partial charge in [-0.15, -0.1) is 5.10 Å². The van der Waals surface area contributed by atoms with Gasteiger partial charge < -0.3 is 10.2 Å². The van der Waals surface area contributed by atoms with E-state index in [1.54, 1.807) is 0 Å². The molecule has 0 unspecified atom stereocenters. The average molecular weight is 293 g/mol. The van der Waals surface area contributed by atoms with Crippen LogP contribution in [0.15, 0.2) is 0 Å². The lowest BCUT2D eigenvalue weighted by Crippen LogP contribution is -2.40. The maximum Gasteiger partial charge on any atom is 0.293 e. The highest BCUT2D eigenvalue weighted by Gasteiger charge is 2.23. The van der Waals surface area contributed by atoms with Crippen LogP contribution in [0, 0.1) is 5.92 Å². The molecule has 2 N–H and O–H groups in total. The number of amides is 1. The van der Waals surface area contributed by atoms with Crippen LogP contribution in [0.2, 0.25) is 0 Å². The maximum absolute atomic E-state index is 12.6. The Morgan fingerprint density at radius 1 is 1.29 bits per heavy atom. The highest BCUT2D eigenvalue weighted by molar-refractivity contribution is 5.90. The Morgan fingerprint density at radius 2 is 2.05 bits per heavy atom. The maximum atomic E-state index is 12.6. The van der Waals surface area contributed by atoms with Gasteiger partial charge in [0.15, 0.2) is 0 Å². The highest BCUT2D eigenvalue weighted by atomic mass is 16.2. The summed E-state index contributed by atoms with van der Waals surface area (Å²) in [7, 11) is 0. The second-order valence-electron chi connectivity index (χ2n) is 5.80. The molecule has 0 aromatic carbocycles. The van der Waals surface area contributed by atoms with Crippen molar-refractivity contribution in [1.82, 2.24) is 25.4 Å². The number of hydrogen-bond acceptors (Lipinski definition) is 4. The number of rotatable bonds is 7. The molecule has 21 heavy (non-hydrogen) atoms. The summed E-state index contributed by atoms with van der Waals surface area (Å²) < 4.78 is 0. The van der Waals surface area contributed by atoms with E-state index in [2.05, 4.69) is 34.3 Å². The van der Waals surface area contributed by atoms with Gasteiger partial charge in [0.05, 0.1) is 0 Å². The summed E-state index contributed by atoms with van der Waals surface area (Å²) in [6.45, 7) is 7.90. The molecule has 2 rings (SSSR count). The summed E-state index contributed by atoms with van der Waals surface area (Å²) in [5.74, 6) is 1.68. The fourth-order valence-electron chi connectivity index (χ4n) is 2.80. The van der Waals surface area contributed by atoms with E-state index in [-0.39, 0.29) is 5.91 Å². The van der Waals surface area contributed by atoms with Gasteiger partial charge in [-0.25, -0.2) is 4.98 Å². The number of carbonyl (C=O) groups excluding carboxylic acids is 1. The van der Waals surface area contributed by atoms with Crippen LogP contribution in [0.4, 0.5) is 0 Å². The van der Waals surface area contributed by atoms with Crippen LogP contribution < -0.4 is 5.32 Å². The van der Waals surface area contributed by atoms with Gasteiger partial charge in [-0.2, -0.15) is 0 Å². The van der Waals surface area contributed by atoms with E-state index >= 15 is 0 Å². The third kappa shape index (κ3) is 4.52. The lowest BCUT2D eigenvalue weighted by molar-refractivity contribution is 0.0704. The van der Waals surface area contributed by atoms with E-state index < -0.39 is 0 Å². The summed E-state index contributed by atoms with van der Waals surface area (Å²) in [5, 5.41) is 10.3. The Bertz CT molecular complexity index is 439. The standard InChI is InChI=1S/C15H27N5O/c1-3-5-13-17-14(19-18-13)15(21)20(10-4-2)11-12-6-8-16-9-7-12/h12,16H,3-11H2,1-2H3,(H,17,18,19). The molecule has 0 aliphatic carbocycles. The zero-order valence-corrected chi connectivity index (χ0v) is 13.2. The van der Waals surface area contributed by atoms with Gasteiger partial charge in [0.1, 0.15) is 5.82 Å². The summed E-state index contributed by atoms with van der Waals surface area (Å²) in [6.07, 6.45) is 5.08. The molecular formula is C15H27N5O. The first-order valence-electron chi connectivity index (χ1n) is 8.15. The molecule has 0 atom stereocenters. The van der Waals surface area contributed by atoms with Crippen molar-refractivity contribution in [3.63, 3.8) is 0 Å². The van der Waals surface area contributed by atoms with Crippen molar-refractivity contribution in [1.29, 1.82) is 0 Å². The van der Waals surface area contributed by atoms with Crippen molar-refractivity contribution in [2.45, 2.75) is 46.0 Å². The number of piperidine rings is 1. The molecule has 0 saturated carbocycles. The fraction of sp³-hybridized carbons (Fsp3) is 0.800. The van der Waals surface area contributed by atoms with E-state index in [4.69, 9.17) is 0 Å². The minimum absolute atomic E-state index is 0.0333. The first kappa shape index (κ1) is 15.9. The Morgan fingerprint density at radius 3 is 2.71 bits per heavy atom. The van der Waals surface area contributed by atoms with E-state index in [1.807, 2.05) is 4.90 Å². The summed E-state index contributed by atoms with van der Waals surface area (Å²) in [4.78, 5) is 18.8. The van der Waals surface area contributed by atoms with Gasteiger partial charge in [-0.1, -0.05) is 13.8 Å². The molecule has 1 aromatic rings. The summed E-state index contributed by atoms with van der Waals surface area (Å²) in [6, 6.07) is 0. The molecule has 118 valence electrons. The Kier molecular flexibility index (Phi) is 6.17. The lowest BCUT2D eigenvalue weighted by atomic mass is 9.97. The second kappa shape index (κ2) is 8.12. The van der Waals surface area contributed by atoms with Crippen LogP contribution >= 0.6 is 0 Å². The van der Waals surface area contributed by atoms with Crippen LogP contribution in [0.1, 0.15) is 56.0 Å². The lowest BCUT2D eigenvalue weighted by Gasteiger charge is -2.29. The zero-order chi connectivity index (χ0) is 15.1. The van der Waals surface area contributed by atoms with Crippen molar-refractivity contribution >= 4 is 5.91 Å². The van der Waals surface area contributed by atoms with Gasteiger partial charge >= 0.3 is 0 Å². The van der Waals surface area contributed by atoms with E-state index in [0.717, 1.165) is 64.1 Å². The van der Waals surface area contributed by atoms with Gasteiger partial charge in [0.2, 0.25) is 5.82 Å². The topological polar surface area (TPSA) is 73.9 Å².